The van der Waals surface area contributed by atoms with Crippen molar-refractivity contribution in [3.8, 4) is 6.07 Å². The summed E-state index contributed by atoms with van der Waals surface area (Å²) >= 11 is 3.61. The number of carbonyl (C=O) groups is 1. The molecule has 1 unspecified atom stereocenters. The van der Waals surface area contributed by atoms with Crippen LogP contribution in [0.3, 0.4) is 0 Å². The number of aryl methyl sites for hydroxylation is 1. The first kappa shape index (κ1) is 30.7. The number of rotatable bonds is 12. The van der Waals surface area contributed by atoms with Crippen LogP contribution in [0.15, 0.2) is 101 Å². The molecule has 4 aromatic rings. The lowest BCUT2D eigenvalue weighted by atomic mass is 9.97. The number of nitrogens with one attached hydrogen (secondary N) is 2. The molecule has 0 saturated carbocycles. The first-order valence-corrected chi connectivity index (χ1v) is 16.0. The summed E-state index contributed by atoms with van der Waals surface area (Å²) in [4.78, 5) is 29.6. The highest BCUT2D eigenvalue weighted by molar-refractivity contribution is 8.08. The minimum absolute atomic E-state index is 0.291. The van der Waals surface area contributed by atoms with Gasteiger partial charge in [-0.15, -0.1) is 23.1 Å². The number of benzene rings is 2. The standard InChI is InChI=1S/C35H32N6OS2/c1-24-8-10-25(11-9-24)32(37-2)14-15-38-23-40-29-5-3-6-30(19-29)41-35(42)28-17-27(21-39-22-28)26(20-36)18-31-12-13-34(44-31)33-7-4-16-43-33/h3,5-15,17,19,21-22,26,40H,2,4,16,18,23H2,1H3,(H,41,42)/b32-14-,38-15?. The zero-order chi connectivity index (χ0) is 30.7. The molecule has 220 valence electrons. The number of aromatic nitrogens is 1. The monoisotopic (exact) mass is 616 g/mol. The molecule has 2 N–H and O–H groups in total. The number of aliphatic imine (C=N–C) groups is 2. The fraction of sp³-hybridized carbons (Fsp3) is 0.171. The maximum absolute atomic E-state index is 13.1. The van der Waals surface area contributed by atoms with E-state index >= 15 is 0 Å². The Kier molecular flexibility index (Phi) is 10.5. The van der Waals surface area contributed by atoms with Crippen LogP contribution in [0.5, 0.6) is 0 Å². The zero-order valence-electron chi connectivity index (χ0n) is 24.4. The van der Waals surface area contributed by atoms with Gasteiger partial charge < -0.3 is 10.6 Å². The maximum atomic E-state index is 13.1. The van der Waals surface area contributed by atoms with Crippen LogP contribution in [0.2, 0.25) is 0 Å². The van der Waals surface area contributed by atoms with Crippen LogP contribution >= 0.6 is 23.1 Å². The molecule has 5 rings (SSSR count). The molecule has 0 spiro atoms. The van der Waals surface area contributed by atoms with Gasteiger partial charge in [-0.25, -0.2) is 0 Å². The summed E-state index contributed by atoms with van der Waals surface area (Å²) in [7, 11) is 0. The molecule has 0 radical (unpaired) electrons. The molecule has 0 bridgehead atoms. The molecule has 1 aliphatic rings. The van der Waals surface area contributed by atoms with Crippen LogP contribution in [0.4, 0.5) is 11.4 Å². The summed E-state index contributed by atoms with van der Waals surface area (Å²) in [6, 6.07) is 23.9. The van der Waals surface area contributed by atoms with Gasteiger partial charge in [0.1, 0.15) is 6.67 Å². The van der Waals surface area contributed by atoms with Gasteiger partial charge in [0.2, 0.25) is 0 Å². The average molecular weight is 617 g/mol. The van der Waals surface area contributed by atoms with Crippen molar-refractivity contribution in [1.29, 1.82) is 5.26 Å². The lowest BCUT2D eigenvalue weighted by Crippen LogP contribution is -2.13. The zero-order valence-corrected chi connectivity index (χ0v) is 26.0. The van der Waals surface area contributed by atoms with Crippen molar-refractivity contribution in [3.05, 3.63) is 123 Å². The second kappa shape index (κ2) is 15.1. The quantitative estimate of drug-likeness (QED) is 0.156. The van der Waals surface area contributed by atoms with Crippen molar-refractivity contribution in [2.24, 2.45) is 9.98 Å². The van der Waals surface area contributed by atoms with Crippen molar-refractivity contribution in [2.75, 3.05) is 23.1 Å². The van der Waals surface area contributed by atoms with Crippen LogP contribution in [0.1, 0.15) is 49.1 Å². The van der Waals surface area contributed by atoms with Crippen molar-refractivity contribution in [1.82, 2.24) is 4.98 Å². The van der Waals surface area contributed by atoms with E-state index in [1.165, 1.54) is 21.5 Å². The Morgan fingerprint density at radius 2 is 1.95 bits per heavy atom. The molecule has 2 aromatic heterocycles. The van der Waals surface area contributed by atoms with E-state index in [0.29, 0.717) is 24.3 Å². The molecule has 0 fully saturated rings. The van der Waals surface area contributed by atoms with Crippen LogP contribution in [0.25, 0.3) is 10.6 Å². The van der Waals surface area contributed by atoms with Gasteiger partial charge in [-0.1, -0.05) is 42.0 Å². The van der Waals surface area contributed by atoms with Gasteiger partial charge in [-0.2, -0.15) is 5.26 Å². The van der Waals surface area contributed by atoms with Gasteiger partial charge in [0.05, 0.1) is 23.2 Å². The second-order valence-corrected chi connectivity index (χ2v) is 12.4. The summed E-state index contributed by atoms with van der Waals surface area (Å²) in [6.45, 7) is 6.04. The first-order chi connectivity index (χ1) is 21.5. The first-order valence-electron chi connectivity index (χ1n) is 14.2. The van der Waals surface area contributed by atoms with Crippen molar-refractivity contribution in [3.63, 3.8) is 0 Å². The Morgan fingerprint density at radius 1 is 1.11 bits per heavy atom. The summed E-state index contributed by atoms with van der Waals surface area (Å²) < 4.78 is 0. The molecule has 0 saturated heterocycles. The van der Waals surface area contributed by atoms with Gasteiger partial charge in [0.15, 0.2) is 0 Å². The lowest BCUT2D eigenvalue weighted by molar-refractivity contribution is 0.102. The number of carbonyl (C=O) groups excluding carboxylic acids is 1. The van der Waals surface area contributed by atoms with E-state index in [9.17, 15) is 10.1 Å². The van der Waals surface area contributed by atoms with Crippen molar-refractivity contribution >= 4 is 63.9 Å². The normalized spacial score (nSPS) is 13.7. The Morgan fingerprint density at radius 3 is 2.73 bits per heavy atom. The SMILES string of the molecule is C=N/C(=C\C=NCNc1cccc(NC(=O)c2cncc(C(C#N)Cc3ccc(C4=CCCS4)s3)c2)c1)c1ccc(C)cc1. The van der Waals surface area contributed by atoms with Crippen LogP contribution < -0.4 is 10.6 Å². The van der Waals surface area contributed by atoms with Gasteiger partial charge in [-0.3, -0.25) is 19.8 Å². The van der Waals surface area contributed by atoms with Crippen molar-refractivity contribution in [2.45, 2.75) is 25.7 Å². The number of pyridine rings is 1. The van der Waals surface area contributed by atoms with Crippen LogP contribution in [0, 0.1) is 18.3 Å². The van der Waals surface area contributed by atoms with Gasteiger partial charge >= 0.3 is 0 Å². The third kappa shape index (κ3) is 8.19. The van der Waals surface area contributed by atoms with E-state index < -0.39 is 5.92 Å². The highest BCUT2D eigenvalue weighted by atomic mass is 32.2. The van der Waals surface area contributed by atoms with Crippen LogP contribution in [-0.4, -0.2) is 36.2 Å². The second-order valence-electron chi connectivity index (χ2n) is 10.1. The summed E-state index contributed by atoms with van der Waals surface area (Å²) in [5, 5.41) is 16.1. The largest absolute Gasteiger partial charge is 0.366 e. The van der Waals surface area contributed by atoms with E-state index in [2.05, 4.69) is 56.6 Å². The number of thiophene rings is 1. The number of nitriles is 1. The highest BCUT2D eigenvalue weighted by Crippen LogP contribution is 2.38. The molecule has 1 atom stereocenters. The number of hydrogen-bond acceptors (Lipinski definition) is 8. The Labute approximate surface area is 266 Å². The molecular weight excluding hydrogens is 585 g/mol. The highest BCUT2D eigenvalue weighted by Gasteiger charge is 2.18. The Bertz CT molecular complexity index is 1760. The van der Waals surface area contributed by atoms with Crippen molar-refractivity contribution < 1.29 is 4.79 Å². The smallest absolute Gasteiger partial charge is 0.257 e. The summed E-state index contributed by atoms with van der Waals surface area (Å²) in [5.41, 5.74) is 5.47. The predicted molar refractivity (Wildman–Crippen MR) is 186 cm³/mol. The number of hydrogen-bond donors (Lipinski definition) is 2. The van der Waals surface area contributed by atoms with Gasteiger partial charge in [0.25, 0.3) is 5.91 Å². The third-order valence-corrected chi connectivity index (χ3v) is 9.35. The Balaban J connectivity index is 1.17. The number of thioether (sulfide) groups is 1. The molecule has 1 amide bonds. The summed E-state index contributed by atoms with van der Waals surface area (Å²) in [5.74, 6) is 0.437. The number of nitrogens with zero attached hydrogens (tertiary/aromatic N) is 4. The fourth-order valence-corrected chi connectivity index (χ4v) is 6.80. The summed E-state index contributed by atoms with van der Waals surface area (Å²) in [6.07, 6.45) is 10.7. The number of anilines is 2. The number of amides is 1. The van der Waals surface area contributed by atoms with Gasteiger partial charge in [0, 0.05) is 62.4 Å². The maximum Gasteiger partial charge on any atom is 0.257 e. The predicted octanol–water partition coefficient (Wildman–Crippen LogP) is 8.21. The van der Waals surface area contributed by atoms with E-state index in [-0.39, 0.29) is 5.91 Å². The average Bonchev–Trinajstić information content (AvgIpc) is 3.75. The molecule has 44 heavy (non-hydrogen) atoms. The van der Waals surface area contributed by atoms with E-state index in [1.54, 1.807) is 29.8 Å². The molecular formula is C35H32N6OS2. The third-order valence-electron chi connectivity index (χ3n) is 6.95. The molecule has 3 heterocycles. The fourth-order valence-electron chi connectivity index (χ4n) is 4.61. The topological polar surface area (TPSA) is 103 Å². The number of allylic oxidation sites excluding steroid dienone is 2. The molecule has 0 aliphatic carbocycles. The minimum atomic E-state index is -0.398. The molecule has 2 aromatic carbocycles. The van der Waals surface area contributed by atoms with E-state index in [1.807, 2.05) is 73.3 Å². The molecule has 7 nitrogen and oxygen atoms in total. The minimum Gasteiger partial charge on any atom is -0.366 e. The Hall–Kier alpha value is -4.78. The van der Waals surface area contributed by atoms with Gasteiger partial charge in [-0.05, 0) is 68.1 Å². The molecule has 1 aliphatic heterocycles. The van der Waals surface area contributed by atoms with E-state index in [0.717, 1.165) is 39.6 Å². The van der Waals surface area contributed by atoms with Crippen LogP contribution in [-0.2, 0) is 6.42 Å². The van der Waals surface area contributed by atoms with E-state index in [4.69, 9.17) is 0 Å². The lowest BCUT2D eigenvalue weighted by Gasteiger charge is -2.11. The molecule has 9 heteroatoms.